The lowest BCUT2D eigenvalue weighted by Crippen LogP contribution is -2.35. The fourth-order valence-electron chi connectivity index (χ4n) is 2.31. The van der Waals surface area contributed by atoms with E-state index in [9.17, 15) is 0 Å². The van der Waals surface area contributed by atoms with E-state index in [0.717, 1.165) is 24.7 Å². The maximum Gasteiger partial charge on any atom is 0.0417 e. The van der Waals surface area contributed by atoms with Crippen molar-refractivity contribution in [2.75, 3.05) is 19.6 Å². The molecule has 0 atom stereocenters. The first-order chi connectivity index (χ1) is 7.79. The van der Waals surface area contributed by atoms with Crippen LogP contribution in [0.25, 0.3) is 0 Å². The van der Waals surface area contributed by atoms with E-state index in [-0.39, 0.29) is 0 Å². The molecule has 1 aromatic heterocycles. The van der Waals surface area contributed by atoms with Crippen molar-refractivity contribution in [3.8, 4) is 0 Å². The van der Waals surface area contributed by atoms with E-state index in [2.05, 4.69) is 22.9 Å². The molecule has 2 rings (SSSR count). The summed E-state index contributed by atoms with van der Waals surface area (Å²) in [6, 6.07) is 4.20. The Morgan fingerprint density at radius 1 is 1.44 bits per heavy atom. The van der Waals surface area contributed by atoms with Crippen LogP contribution in [-0.4, -0.2) is 29.5 Å². The third-order valence-electron chi connectivity index (χ3n) is 3.55. The van der Waals surface area contributed by atoms with Gasteiger partial charge in [0, 0.05) is 18.4 Å². The second-order valence-corrected chi connectivity index (χ2v) is 4.70. The molecule has 1 aromatic rings. The minimum atomic E-state index is 0.742. The minimum absolute atomic E-state index is 0.742. The molecule has 0 saturated carbocycles. The molecule has 2 heterocycles. The van der Waals surface area contributed by atoms with Crippen molar-refractivity contribution in [3.05, 3.63) is 29.6 Å². The van der Waals surface area contributed by atoms with Crippen LogP contribution in [0.4, 0.5) is 0 Å². The van der Waals surface area contributed by atoms with Gasteiger partial charge in [0.25, 0.3) is 0 Å². The van der Waals surface area contributed by atoms with Crippen LogP contribution in [0, 0.1) is 12.8 Å². The quantitative estimate of drug-likeness (QED) is 0.839. The first-order valence-corrected chi connectivity index (χ1v) is 6.12. The number of rotatable bonds is 3. The van der Waals surface area contributed by atoms with E-state index >= 15 is 0 Å². The maximum atomic E-state index is 5.70. The Labute approximate surface area is 97.7 Å². The number of hydrogen-bond donors (Lipinski definition) is 1. The number of nitrogens with zero attached hydrogens (tertiary/aromatic N) is 2. The number of aryl methyl sites for hydroxylation is 1. The van der Waals surface area contributed by atoms with Gasteiger partial charge in [-0.2, -0.15) is 0 Å². The Bertz CT molecular complexity index is 330. The molecule has 0 unspecified atom stereocenters. The first-order valence-electron chi connectivity index (χ1n) is 6.12. The van der Waals surface area contributed by atoms with Gasteiger partial charge < -0.3 is 5.73 Å². The number of piperidine rings is 1. The summed E-state index contributed by atoms with van der Waals surface area (Å²) in [6.45, 7) is 6.32. The highest BCUT2D eigenvalue weighted by Gasteiger charge is 2.18. The van der Waals surface area contributed by atoms with Crippen LogP contribution < -0.4 is 5.73 Å². The second-order valence-electron chi connectivity index (χ2n) is 4.70. The molecule has 16 heavy (non-hydrogen) atoms. The first kappa shape index (κ1) is 11.6. The summed E-state index contributed by atoms with van der Waals surface area (Å²) in [6.07, 6.45) is 4.35. The highest BCUT2D eigenvalue weighted by molar-refractivity contribution is 5.18. The Morgan fingerprint density at radius 3 is 2.81 bits per heavy atom. The summed E-state index contributed by atoms with van der Waals surface area (Å²) in [5.74, 6) is 0.742. The van der Waals surface area contributed by atoms with Crippen LogP contribution in [0.3, 0.4) is 0 Å². The summed E-state index contributed by atoms with van der Waals surface area (Å²) >= 11 is 0. The van der Waals surface area contributed by atoms with Crippen LogP contribution in [0.5, 0.6) is 0 Å². The van der Waals surface area contributed by atoms with Gasteiger partial charge in [0.2, 0.25) is 0 Å². The molecule has 0 radical (unpaired) electrons. The van der Waals surface area contributed by atoms with E-state index < -0.39 is 0 Å². The molecule has 1 saturated heterocycles. The van der Waals surface area contributed by atoms with E-state index in [1.807, 2.05) is 12.3 Å². The molecular weight excluding hydrogens is 198 g/mol. The van der Waals surface area contributed by atoms with Crippen LogP contribution in [0.15, 0.2) is 18.3 Å². The van der Waals surface area contributed by atoms with Gasteiger partial charge in [-0.15, -0.1) is 0 Å². The van der Waals surface area contributed by atoms with Crippen molar-refractivity contribution in [1.82, 2.24) is 9.88 Å². The van der Waals surface area contributed by atoms with Crippen molar-refractivity contribution < 1.29 is 0 Å². The smallest absolute Gasteiger partial charge is 0.0417 e. The highest BCUT2D eigenvalue weighted by Crippen LogP contribution is 2.18. The number of pyridine rings is 1. The van der Waals surface area contributed by atoms with Crippen LogP contribution in [0.1, 0.15) is 24.1 Å². The normalized spacial score (nSPS) is 18.9. The van der Waals surface area contributed by atoms with Crippen LogP contribution in [-0.2, 0) is 6.54 Å². The molecule has 0 aromatic carbocycles. The molecule has 0 bridgehead atoms. The fraction of sp³-hybridized carbons (Fsp3) is 0.615. The molecule has 0 amide bonds. The van der Waals surface area contributed by atoms with Gasteiger partial charge in [0.15, 0.2) is 0 Å². The van der Waals surface area contributed by atoms with E-state index in [4.69, 9.17) is 5.73 Å². The van der Waals surface area contributed by atoms with Crippen molar-refractivity contribution in [2.24, 2.45) is 11.7 Å². The molecule has 3 heteroatoms. The van der Waals surface area contributed by atoms with Crippen molar-refractivity contribution in [1.29, 1.82) is 0 Å². The summed E-state index contributed by atoms with van der Waals surface area (Å²) in [7, 11) is 0. The third kappa shape index (κ3) is 2.80. The number of nitrogens with two attached hydrogens (primary N) is 1. The largest absolute Gasteiger partial charge is 0.330 e. The molecule has 88 valence electrons. The second kappa shape index (κ2) is 5.41. The van der Waals surface area contributed by atoms with Crippen molar-refractivity contribution in [2.45, 2.75) is 26.3 Å². The summed E-state index contributed by atoms with van der Waals surface area (Å²) in [5, 5.41) is 0. The maximum absolute atomic E-state index is 5.70. The highest BCUT2D eigenvalue weighted by atomic mass is 15.1. The molecule has 0 spiro atoms. The summed E-state index contributed by atoms with van der Waals surface area (Å²) in [4.78, 5) is 6.84. The Balaban J connectivity index is 1.89. The van der Waals surface area contributed by atoms with Crippen molar-refractivity contribution >= 4 is 0 Å². The predicted molar refractivity (Wildman–Crippen MR) is 66.0 cm³/mol. The SMILES string of the molecule is Cc1ncccc1CN1CCC(CN)CC1. The van der Waals surface area contributed by atoms with Gasteiger partial charge in [0.1, 0.15) is 0 Å². The van der Waals surface area contributed by atoms with Gasteiger partial charge in [-0.1, -0.05) is 6.07 Å². The zero-order valence-corrected chi connectivity index (χ0v) is 10.0. The summed E-state index contributed by atoms with van der Waals surface area (Å²) < 4.78 is 0. The van der Waals surface area contributed by atoms with Gasteiger partial charge in [-0.05, 0) is 56.9 Å². The lowest BCUT2D eigenvalue weighted by Gasteiger charge is -2.31. The molecule has 0 aliphatic carbocycles. The lowest BCUT2D eigenvalue weighted by molar-refractivity contribution is 0.180. The number of aromatic nitrogens is 1. The van der Waals surface area contributed by atoms with Crippen LogP contribution >= 0.6 is 0 Å². The van der Waals surface area contributed by atoms with E-state index in [0.29, 0.717) is 0 Å². The zero-order chi connectivity index (χ0) is 11.4. The third-order valence-corrected chi connectivity index (χ3v) is 3.55. The molecular formula is C13H21N3. The average molecular weight is 219 g/mol. The van der Waals surface area contributed by atoms with Crippen molar-refractivity contribution in [3.63, 3.8) is 0 Å². The monoisotopic (exact) mass is 219 g/mol. The van der Waals surface area contributed by atoms with Gasteiger partial charge in [0.05, 0.1) is 0 Å². The molecule has 1 fully saturated rings. The molecule has 3 nitrogen and oxygen atoms in total. The number of likely N-dealkylation sites (tertiary alicyclic amines) is 1. The topological polar surface area (TPSA) is 42.2 Å². The number of hydrogen-bond acceptors (Lipinski definition) is 3. The Hall–Kier alpha value is -0.930. The standard InChI is InChI=1S/C13H21N3/c1-11-13(3-2-6-15-11)10-16-7-4-12(9-14)5-8-16/h2-3,6,12H,4-5,7-10,14H2,1H3. The minimum Gasteiger partial charge on any atom is -0.330 e. The molecule has 1 aliphatic rings. The Kier molecular flexibility index (Phi) is 3.91. The molecule has 2 N–H and O–H groups in total. The van der Waals surface area contributed by atoms with Crippen LogP contribution in [0.2, 0.25) is 0 Å². The van der Waals surface area contributed by atoms with E-state index in [1.54, 1.807) is 0 Å². The Morgan fingerprint density at radius 2 is 2.19 bits per heavy atom. The zero-order valence-electron chi connectivity index (χ0n) is 10.0. The predicted octanol–water partition coefficient (Wildman–Crippen LogP) is 1.56. The van der Waals surface area contributed by atoms with Gasteiger partial charge >= 0.3 is 0 Å². The van der Waals surface area contributed by atoms with Gasteiger partial charge in [-0.3, -0.25) is 9.88 Å². The average Bonchev–Trinajstić information content (AvgIpc) is 2.33. The van der Waals surface area contributed by atoms with Gasteiger partial charge in [-0.25, -0.2) is 0 Å². The fourth-order valence-corrected chi connectivity index (χ4v) is 2.31. The lowest BCUT2D eigenvalue weighted by atomic mass is 9.97. The van der Waals surface area contributed by atoms with E-state index in [1.165, 1.54) is 31.5 Å². The summed E-state index contributed by atoms with van der Waals surface area (Å²) in [5.41, 5.74) is 8.21. The molecule has 1 aliphatic heterocycles.